The van der Waals surface area contributed by atoms with E-state index in [0.29, 0.717) is 23.2 Å². The van der Waals surface area contributed by atoms with Gasteiger partial charge in [0.2, 0.25) is 11.8 Å². The Bertz CT molecular complexity index is 896. The number of hydrogen-bond donors (Lipinski definition) is 2. The molecule has 1 aliphatic heterocycles. The van der Waals surface area contributed by atoms with E-state index in [0.717, 1.165) is 24.1 Å². The number of carbonyl (C=O) groups is 3. The zero-order chi connectivity index (χ0) is 21.3. The third kappa shape index (κ3) is 6.50. The van der Waals surface area contributed by atoms with Crippen molar-refractivity contribution in [3.8, 4) is 0 Å². The topological polar surface area (TPSA) is 78.5 Å². The maximum atomic E-state index is 12.9. The van der Waals surface area contributed by atoms with Gasteiger partial charge in [-0.3, -0.25) is 14.4 Å². The maximum Gasteiger partial charge on any atom is 0.243 e. The molecule has 0 saturated carbocycles. The first-order chi connectivity index (χ1) is 14.5. The standard InChI is InChI=1S/C23H26BrN3O3/c24-18-9-10-20(19(15-18)23(30)17-7-3-1-4-8-17)26-22(29)16-25-21(28)11-14-27-12-5-2-6-13-27/h1,3-4,7-10,15H,2,5-6,11-14,16H2,(H,25,28)(H,26,29). The summed E-state index contributed by atoms with van der Waals surface area (Å²) in [5.74, 6) is -0.698. The monoisotopic (exact) mass is 471 g/mol. The molecule has 3 rings (SSSR count). The molecule has 7 heteroatoms. The number of hydrogen-bond acceptors (Lipinski definition) is 4. The van der Waals surface area contributed by atoms with E-state index < -0.39 is 0 Å². The molecule has 2 amide bonds. The first-order valence-electron chi connectivity index (χ1n) is 10.2. The Hall–Kier alpha value is -2.51. The molecule has 2 aromatic carbocycles. The number of anilines is 1. The molecule has 1 heterocycles. The molecule has 2 aromatic rings. The Kier molecular flexibility index (Phi) is 8.16. The smallest absolute Gasteiger partial charge is 0.243 e. The van der Waals surface area contributed by atoms with Crippen molar-refractivity contribution in [2.24, 2.45) is 0 Å². The summed E-state index contributed by atoms with van der Waals surface area (Å²) >= 11 is 3.38. The summed E-state index contributed by atoms with van der Waals surface area (Å²) in [5.41, 5.74) is 1.34. The van der Waals surface area contributed by atoms with Crippen LogP contribution in [0.15, 0.2) is 53.0 Å². The van der Waals surface area contributed by atoms with E-state index in [-0.39, 0.29) is 24.1 Å². The molecule has 0 bridgehead atoms. The Morgan fingerprint density at radius 2 is 1.67 bits per heavy atom. The highest BCUT2D eigenvalue weighted by molar-refractivity contribution is 9.10. The minimum Gasteiger partial charge on any atom is -0.347 e. The minimum absolute atomic E-state index is 0.131. The Morgan fingerprint density at radius 1 is 0.933 bits per heavy atom. The van der Waals surface area contributed by atoms with Gasteiger partial charge in [-0.2, -0.15) is 0 Å². The number of piperidine rings is 1. The van der Waals surface area contributed by atoms with Gasteiger partial charge in [0.15, 0.2) is 5.78 Å². The van der Waals surface area contributed by atoms with Crippen LogP contribution in [0, 0.1) is 0 Å². The number of likely N-dealkylation sites (tertiary alicyclic amines) is 1. The number of nitrogens with one attached hydrogen (secondary N) is 2. The fraction of sp³-hybridized carbons (Fsp3) is 0.348. The molecular formula is C23H26BrN3O3. The number of halogens is 1. The summed E-state index contributed by atoms with van der Waals surface area (Å²) in [7, 11) is 0. The molecule has 0 spiro atoms. The van der Waals surface area contributed by atoms with Crippen LogP contribution in [0.25, 0.3) is 0 Å². The van der Waals surface area contributed by atoms with Gasteiger partial charge in [-0.05, 0) is 44.1 Å². The molecule has 0 aliphatic carbocycles. The fourth-order valence-electron chi connectivity index (χ4n) is 3.46. The third-order valence-corrected chi connectivity index (χ3v) is 5.58. The molecular weight excluding hydrogens is 446 g/mol. The van der Waals surface area contributed by atoms with Crippen LogP contribution < -0.4 is 10.6 Å². The number of nitrogens with zero attached hydrogens (tertiary/aromatic N) is 1. The van der Waals surface area contributed by atoms with Crippen molar-refractivity contribution in [3.63, 3.8) is 0 Å². The van der Waals surface area contributed by atoms with Crippen molar-refractivity contribution >= 4 is 39.2 Å². The van der Waals surface area contributed by atoms with Gasteiger partial charge in [0, 0.05) is 28.6 Å². The van der Waals surface area contributed by atoms with Gasteiger partial charge in [0.05, 0.1) is 12.2 Å². The highest BCUT2D eigenvalue weighted by atomic mass is 79.9. The van der Waals surface area contributed by atoms with Gasteiger partial charge in [-0.25, -0.2) is 0 Å². The highest BCUT2D eigenvalue weighted by Crippen LogP contribution is 2.24. The largest absolute Gasteiger partial charge is 0.347 e. The van der Waals surface area contributed by atoms with E-state index in [1.807, 2.05) is 6.07 Å². The SMILES string of the molecule is O=C(CCN1CCCCC1)NCC(=O)Nc1ccc(Br)cc1C(=O)c1ccccc1. The molecule has 2 N–H and O–H groups in total. The van der Waals surface area contributed by atoms with Crippen LogP contribution in [-0.4, -0.2) is 48.7 Å². The van der Waals surface area contributed by atoms with Gasteiger partial charge in [0.25, 0.3) is 0 Å². The number of benzene rings is 2. The van der Waals surface area contributed by atoms with Gasteiger partial charge >= 0.3 is 0 Å². The van der Waals surface area contributed by atoms with Crippen molar-refractivity contribution in [1.82, 2.24) is 10.2 Å². The van der Waals surface area contributed by atoms with Crippen LogP contribution in [0.3, 0.4) is 0 Å². The lowest BCUT2D eigenvalue weighted by molar-refractivity contribution is -0.124. The predicted octanol–water partition coefficient (Wildman–Crippen LogP) is 3.61. The second-order valence-electron chi connectivity index (χ2n) is 7.36. The van der Waals surface area contributed by atoms with E-state index in [1.54, 1.807) is 42.5 Å². The third-order valence-electron chi connectivity index (χ3n) is 5.09. The van der Waals surface area contributed by atoms with Gasteiger partial charge in [-0.1, -0.05) is 52.7 Å². The molecule has 0 aromatic heterocycles. The number of carbonyl (C=O) groups excluding carboxylic acids is 3. The summed E-state index contributed by atoms with van der Waals surface area (Å²) < 4.78 is 0.741. The number of rotatable bonds is 8. The first kappa shape index (κ1) is 22.2. The van der Waals surface area contributed by atoms with Crippen LogP contribution in [-0.2, 0) is 9.59 Å². The highest BCUT2D eigenvalue weighted by Gasteiger charge is 2.17. The lowest BCUT2D eigenvalue weighted by Crippen LogP contribution is -2.37. The average molecular weight is 472 g/mol. The number of ketones is 1. The molecule has 30 heavy (non-hydrogen) atoms. The van der Waals surface area contributed by atoms with E-state index in [1.165, 1.54) is 19.3 Å². The molecule has 1 fully saturated rings. The van der Waals surface area contributed by atoms with Crippen molar-refractivity contribution in [1.29, 1.82) is 0 Å². The van der Waals surface area contributed by atoms with Gasteiger partial charge < -0.3 is 15.5 Å². The van der Waals surface area contributed by atoms with Crippen molar-refractivity contribution in [3.05, 3.63) is 64.1 Å². The van der Waals surface area contributed by atoms with Crippen molar-refractivity contribution < 1.29 is 14.4 Å². The van der Waals surface area contributed by atoms with Crippen LogP contribution in [0.1, 0.15) is 41.6 Å². The molecule has 158 valence electrons. The van der Waals surface area contributed by atoms with Crippen molar-refractivity contribution in [2.75, 3.05) is 31.5 Å². The van der Waals surface area contributed by atoms with Crippen molar-refractivity contribution in [2.45, 2.75) is 25.7 Å². The fourth-order valence-corrected chi connectivity index (χ4v) is 3.82. The lowest BCUT2D eigenvalue weighted by atomic mass is 10.0. The van der Waals surface area contributed by atoms with Gasteiger partial charge in [-0.15, -0.1) is 0 Å². The Balaban J connectivity index is 1.54. The molecule has 0 radical (unpaired) electrons. The summed E-state index contributed by atoms with van der Waals surface area (Å²) in [6, 6.07) is 14.0. The lowest BCUT2D eigenvalue weighted by Gasteiger charge is -2.25. The van der Waals surface area contributed by atoms with Crippen LogP contribution >= 0.6 is 15.9 Å². The normalized spacial score (nSPS) is 14.2. The molecule has 1 saturated heterocycles. The van der Waals surface area contributed by atoms with Crippen LogP contribution in [0.5, 0.6) is 0 Å². The van der Waals surface area contributed by atoms with Crippen LogP contribution in [0.4, 0.5) is 5.69 Å². The van der Waals surface area contributed by atoms with Crippen LogP contribution in [0.2, 0.25) is 0 Å². The van der Waals surface area contributed by atoms with E-state index in [9.17, 15) is 14.4 Å². The summed E-state index contributed by atoms with van der Waals surface area (Å²) in [4.78, 5) is 39.6. The molecule has 0 atom stereocenters. The maximum absolute atomic E-state index is 12.9. The minimum atomic E-state index is -0.370. The van der Waals surface area contributed by atoms with Gasteiger partial charge in [0.1, 0.15) is 0 Å². The molecule has 0 unspecified atom stereocenters. The zero-order valence-electron chi connectivity index (χ0n) is 16.8. The van der Waals surface area contributed by atoms with E-state index in [2.05, 4.69) is 31.5 Å². The zero-order valence-corrected chi connectivity index (χ0v) is 18.4. The number of amides is 2. The second-order valence-corrected chi connectivity index (χ2v) is 8.28. The molecule has 1 aliphatic rings. The quantitative estimate of drug-likeness (QED) is 0.576. The Morgan fingerprint density at radius 3 is 2.40 bits per heavy atom. The first-order valence-corrected chi connectivity index (χ1v) is 11.0. The summed E-state index contributed by atoms with van der Waals surface area (Å²) in [6.45, 7) is 2.66. The predicted molar refractivity (Wildman–Crippen MR) is 121 cm³/mol. The molecule has 6 nitrogen and oxygen atoms in total. The summed E-state index contributed by atoms with van der Waals surface area (Å²) in [5, 5.41) is 5.41. The van der Waals surface area contributed by atoms with E-state index in [4.69, 9.17) is 0 Å². The second kappa shape index (κ2) is 11.0. The average Bonchev–Trinajstić information content (AvgIpc) is 2.78. The Labute approximate surface area is 185 Å². The summed E-state index contributed by atoms with van der Waals surface area (Å²) in [6.07, 6.45) is 4.00. The van der Waals surface area contributed by atoms with E-state index >= 15 is 0 Å².